The molecular formula is C32H37N3O3S3. The Morgan fingerprint density at radius 1 is 0.976 bits per heavy atom. The Labute approximate surface area is 256 Å². The van der Waals surface area contributed by atoms with E-state index in [4.69, 9.17) is 22.4 Å². The first kappa shape index (κ1) is 31.1. The zero-order chi connectivity index (χ0) is 29.0. The van der Waals surface area contributed by atoms with E-state index in [9.17, 15) is 9.59 Å². The van der Waals surface area contributed by atoms with E-state index in [1.807, 2.05) is 47.3 Å². The maximum Gasteiger partial charge on any atom is 0.303 e. The first-order valence-corrected chi connectivity index (χ1v) is 16.5. The molecule has 4 rings (SSSR count). The Kier molecular flexibility index (Phi) is 12.1. The highest BCUT2D eigenvalue weighted by atomic mass is 32.2. The third-order valence-corrected chi connectivity index (χ3v) is 9.16. The Morgan fingerprint density at radius 2 is 1.63 bits per heavy atom. The highest BCUT2D eigenvalue weighted by molar-refractivity contribution is 8.26. The third-order valence-electron chi connectivity index (χ3n) is 6.88. The van der Waals surface area contributed by atoms with E-state index < -0.39 is 5.97 Å². The van der Waals surface area contributed by atoms with Crippen LogP contribution < -0.4 is 0 Å². The molecule has 0 atom stereocenters. The summed E-state index contributed by atoms with van der Waals surface area (Å²) >= 11 is 8.77. The fourth-order valence-corrected chi connectivity index (χ4v) is 6.71. The molecule has 0 radical (unpaired) electrons. The Morgan fingerprint density at radius 3 is 2.29 bits per heavy atom. The van der Waals surface area contributed by atoms with Crippen molar-refractivity contribution in [2.45, 2.75) is 69.6 Å². The van der Waals surface area contributed by atoms with E-state index >= 15 is 0 Å². The topological polar surface area (TPSA) is 75.4 Å². The smallest absolute Gasteiger partial charge is 0.303 e. The lowest BCUT2D eigenvalue weighted by Crippen LogP contribution is -2.29. The Hall–Kier alpha value is -2.88. The molecule has 216 valence electrons. The lowest BCUT2D eigenvalue weighted by Gasteiger charge is -2.14. The van der Waals surface area contributed by atoms with Crippen LogP contribution in [0.2, 0.25) is 0 Å². The van der Waals surface area contributed by atoms with E-state index in [2.05, 4.69) is 31.2 Å². The summed E-state index contributed by atoms with van der Waals surface area (Å²) in [5, 5.41) is 13.6. The summed E-state index contributed by atoms with van der Waals surface area (Å²) in [4.78, 5) is 27.5. The number of aromatic nitrogens is 2. The Balaban J connectivity index is 1.39. The second-order valence-corrected chi connectivity index (χ2v) is 13.0. The maximum atomic E-state index is 13.4. The van der Waals surface area contributed by atoms with Gasteiger partial charge in [-0.3, -0.25) is 14.5 Å². The molecule has 2 aromatic carbocycles. The van der Waals surface area contributed by atoms with Crippen LogP contribution in [0.1, 0.15) is 70.3 Å². The zero-order valence-corrected chi connectivity index (χ0v) is 25.9. The van der Waals surface area contributed by atoms with Gasteiger partial charge in [-0.05, 0) is 48.9 Å². The van der Waals surface area contributed by atoms with Gasteiger partial charge in [-0.25, -0.2) is 4.68 Å². The fraction of sp³-hybridized carbons (Fsp3) is 0.375. The summed E-state index contributed by atoms with van der Waals surface area (Å²) < 4.78 is 2.47. The van der Waals surface area contributed by atoms with Crippen molar-refractivity contribution in [3.8, 4) is 16.9 Å². The van der Waals surface area contributed by atoms with Gasteiger partial charge in [-0.1, -0.05) is 99.8 Å². The number of aliphatic carboxylic acids is 1. The van der Waals surface area contributed by atoms with Crippen molar-refractivity contribution >= 4 is 58.0 Å². The van der Waals surface area contributed by atoms with Crippen LogP contribution in [0.15, 0.2) is 70.6 Å². The molecule has 0 aliphatic carbocycles. The van der Waals surface area contributed by atoms with Gasteiger partial charge in [0, 0.05) is 35.2 Å². The van der Waals surface area contributed by atoms with Gasteiger partial charge in [0.1, 0.15) is 4.32 Å². The summed E-state index contributed by atoms with van der Waals surface area (Å²) in [6, 6.07) is 18.4. The highest BCUT2D eigenvalue weighted by Crippen LogP contribution is 2.35. The van der Waals surface area contributed by atoms with Crippen LogP contribution in [-0.4, -0.2) is 48.3 Å². The number of carboxylic acids is 1. The molecule has 6 nitrogen and oxygen atoms in total. The molecule has 1 aliphatic rings. The SMILES string of the molecule is CCSc1ccc(-c2nn(-c3ccccc3)cc2/C=C2\SC(=S)N(CCCCCCCCCCC(=O)O)C2=O)cc1. The van der Waals surface area contributed by atoms with E-state index in [1.54, 1.807) is 16.7 Å². The number of amides is 1. The lowest BCUT2D eigenvalue weighted by atomic mass is 10.1. The van der Waals surface area contributed by atoms with E-state index in [-0.39, 0.29) is 12.3 Å². The summed E-state index contributed by atoms with van der Waals surface area (Å²) in [6.07, 6.45) is 12.3. The van der Waals surface area contributed by atoms with E-state index in [0.29, 0.717) is 15.8 Å². The fourth-order valence-electron chi connectivity index (χ4n) is 4.75. The summed E-state index contributed by atoms with van der Waals surface area (Å²) in [6.45, 7) is 2.78. The first-order valence-electron chi connectivity index (χ1n) is 14.3. The standard InChI is InChI=1S/C32H37N3O3S3/c1-2-40-27-19-17-24(18-20-27)30-25(23-35(33-30)26-14-10-9-11-15-26)22-28-31(38)34(32(39)41-28)21-13-8-6-4-3-5-7-12-16-29(36)37/h9-11,14-15,17-20,22-23H,2-8,12-13,16,21H2,1H3,(H,36,37)/b28-22-. The van der Waals surface area contributed by atoms with Crippen molar-refractivity contribution in [1.29, 1.82) is 0 Å². The molecule has 1 aromatic heterocycles. The lowest BCUT2D eigenvalue weighted by molar-refractivity contribution is -0.137. The van der Waals surface area contributed by atoms with Crippen LogP contribution in [0.25, 0.3) is 23.0 Å². The number of hydrogen-bond acceptors (Lipinski definition) is 6. The maximum absolute atomic E-state index is 13.4. The van der Waals surface area contributed by atoms with Crippen molar-refractivity contribution in [3.05, 3.63) is 71.3 Å². The van der Waals surface area contributed by atoms with E-state index in [1.165, 1.54) is 16.7 Å². The van der Waals surface area contributed by atoms with Crippen LogP contribution in [0.5, 0.6) is 0 Å². The highest BCUT2D eigenvalue weighted by Gasteiger charge is 2.32. The number of unbranched alkanes of at least 4 members (excludes halogenated alkanes) is 7. The largest absolute Gasteiger partial charge is 0.481 e. The summed E-state index contributed by atoms with van der Waals surface area (Å²) in [7, 11) is 0. The van der Waals surface area contributed by atoms with Crippen molar-refractivity contribution in [2.24, 2.45) is 0 Å². The quantitative estimate of drug-likeness (QED) is 0.0758. The molecule has 1 fully saturated rings. The minimum atomic E-state index is -0.713. The average molecular weight is 608 g/mol. The number of para-hydroxylation sites is 1. The Bertz CT molecular complexity index is 1350. The molecule has 9 heteroatoms. The van der Waals surface area contributed by atoms with Crippen LogP contribution in [0.4, 0.5) is 0 Å². The van der Waals surface area contributed by atoms with Crippen molar-refractivity contribution in [1.82, 2.24) is 14.7 Å². The molecule has 0 bridgehead atoms. The second-order valence-electron chi connectivity index (χ2n) is 9.98. The monoisotopic (exact) mass is 607 g/mol. The predicted molar refractivity (Wildman–Crippen MR) is 174 cm³/mol. The molecule has 2 heterocycles. The number of nitrogens with zero attached hydrogens (tertiary/aromatic N) is 3. The number of hydrogen-bond donors (Lipinski definition) is 1. The minimum Gasteiger partial charge on any atom is -0.481 e. The van der Waals surface area contributed by atoms with Gasteiger partial charge in [0.05, 0.1) is 16.3 Å². The number of rotatable bonds is 16. The van der Waals surface area contributed by atoms with Gasteiger partial charge in [-0.2, -0.15) is 5.10 Å². The van der Waals surface area contributed by atoms with Crippen LogP contribution >= 0.6 is 35.7 Å². The van der Waals surface area contributed by atoms with Gasteiger partial charge in [0.25, 0.3) is 5.91 Å². The molecule has 1 amide bonds. The van der Waals surface area contributed by atoms with Gasteiger partial charge in [-0.15, -0.1) is 11.8 Å². The van der Waals surface area contributed by atoms with Gasteiger partial charge in [0.15, 0.2) is 0 Å². The molecular weight excluding hydrogens is 571 g/mol. The molecule has 3 aromatic rings. The molecule has 0 saturated carbocycles. The molecule has 1 saturated heterocycles. The van der Waals surface area contributed by atoms with Crippen molar-refractivity contribution < 1.29 is 14.7 Å². The summed E-state index contributed by atoms with van der Waals surface area (Å²) in [5.41, 5.74) is 3.67. The van der Waals surface area contributed by atoms with Crippen molar-refractivity contribution in [2.75, 3.05) is 12.3 Å². The number of thiocarbonyl (C=S) groups is 1. The summed E-state index contributed by atoms with van der Waals surface area (Å²) in [5.74, 6) is 0.270. The van der Waals surface area contributed by atoms with Crippen molar-refractivity contribution in [3.63, 3.8) is 0 Å². The predicted octanol–water partition coefficient (Wildman–Crippen LogP) is 8.45. The molecule has 1 N–H and O–H groups in total. The third kappa shape index (κ3) is 9.05. The molecule has 41 heavy (non-hydrogen) atoms. The normalized spacial score (nSPS) is 14.4. The van der Waals surface area contributed by atoms with Gasteiger partial charge in [0.2, 0.25) is 0 Å². The van der Waals surface area contributed by atoms with Crippen LogP contribution in [-0.2, 0) is 9.59 Å². The number of thioether (sulfide) groups is 2. The zero-order valence-electron chi connectivity index (χ0n) is 23.5. The van der Waals surface area contributed by atoms with Crippen LogP contribution in [0, 0.1) is 0 Å². The molecule has 0 unspecified atom stereocenters. The van der Waals surface area contributed by atoms with Gasteiger partial charge < -0.3 is 5.11 Å². The molecule has 0 spiro atoms. The van der Waals surface area contributed by atoms with E-state index in [0.717, 1.165) is 79.6 Å². The van der Waals surface area contributed by atoms with Gasteiger partial charge >= 0.3 is 5.97 Å². The number of benzene rings is 2. The molecule has 1 aliphatic heterocycles. The average Bonchev–Trinajstić information content (AvgIpc) is 3.51. The second kappa shape index (κ2) is 15.9. The first-order chi connectivity index (χ1) is 20.0. The number of carbonyl (C=O) groups excluding carboxylic acids is 1. The van der Waals surface area contributed by atoms with Crippen LogP contribution in [0.3, 0.4) is 0 Å². The number of carboxylic acid groups (broad SMARTS) is 1. The number of carbonyl (C=O) groups is 2. The minimum absolute atomic E-state index is 0.0356.